The molecule has 0 bridgehead atoms. The lowest BCUT2D eigenvalue weighted by Gasteiger charge is -2.08. The van der Waals surface area contributed by atoms with E-state index in [2.05, 4.69) is 10.6 Å². The first kappa shape index (κ1) is 17.3. The SMILES string of the molecule is CCCNC(=O)Nc1ccc(S(=O)(=O)c2ccc(Cl)cc2)cc1. The highest BCUT2D eigenvalue weighted by Gasteiger charge is 2.17. The van der Waals surface area contributed by atoms with E-state index in [0.29, 0.717) is 17.3 Å². The summed E-state index contributed by atoms with van der Waals surface area (Å²) in [6.07, 6.45) is 0.839. The minimum atomic E-state index is -3.60. The molecule has 0 heterocycles. The smallest absolute Gasteiger partial charge is 0.319 e. The van der Waals surface area contributed by atoms with Crippen molar-refractivity contribution >= 4 is 33.2 Å². The highest BCUT2D eigenvalue weighted by Crippen LogP contribution is 2.23. The summed E-state index contributed by atoms with van der Waals surface area (Å²) in [7, 11) is -3.60. The van der Waals surface area contributed by atoms with Crippen LogP contribution in [0.2, 0.25) is 5.02 Å². The van der Waals surface area contributed by atoms with E-state index in [1.165, 1.54) is 36.4 Å². The van der Waals surface area contributed by atoms with E-state index >= 15 is 0 Å². The number of carbonyl (C=O) groups is 1. The molecule has 2 aromatic carbocycles. The summed E-state index contributed by atoms with van der Waals surface area (Å²) in [5.41, 5.74) is 0.522. The Morgan fingerprint density at radius 3 is 2.04 bits per heavy atom. The first-order valence-electron chi connectivity index (χ1n) is 7.09. The third-order valence-corrected chi connectivity index (χ3v) is 5.12. The molecule has 0 aliphatic heterocycles. The van der Waals surface area contributed by atoms with E-state index < -0.39 is 9.84 Å². The van der Waals surface area contributed by atoms with Crippen molar-refractivity contribution in [2.45, 2.75) is 23.1 Å². The summed E-state index contributed by atoms with van der Waals surface area (Å²) in [6, 6.07) is 11.7. The van der Waals surface area contributed by atoms with Crippen molar-refractivity contribution in [3.63, 3.8) is 0 Å². The first-order valence-corrected chi connectivity index (χ1v) is 8.95. The van der Waals surface area contributed by atoms with E-state index in [4.69, 9.17) is 11.6 Å². The van der Waals surface area contributed by atoms with Crippen LogP contribution in [0.25, 0.3) is 0 Å². The fraction of sp³-hybridized carbons (Fsp3) is 0.188. The second-order valence-corrected chi connectivity index (χ2v) is 7.25. The van der Waals surface area contributed by atoms with Gasteiger partial charge in [0.1, 0.15) is 0 Å². The van der Waals surface area contributed by atoms with E-state index in [1.807, 2.05) is 6.92 Å². The van der Waals surface area contributed by atoms with Crippen LogP contribution in [0.15, 0.2) is 58.3 Å². The molecule has 7 heteroatoms. The van der Waals surface area contributed by atoms with Crippen molar-refractivity contribution in [3.8, 4) is 0 Å². The van der Waals surface area contributed by atoms with E-state index in [-0.39, 0.29) is 15.8 Å². The van der Waals surface area contributed by atoms with Gasteiger partial charge >= 0.3 is 6.03 Å². The number of benzene rings is 2. The van der Waals surface area contributed by atoms with E-state index in [9.17, 15) is 13.2 Å². The van der Waals surface area contributed by atoms with Gasteiger partial charge in [-0.2, -0.15) is 0 Å². The third kappa shape index (κ3) is 4.46. The van der Waals surface area contributed by atoms with Crippen molar-refractivity contribution in [1.82, 2.24) is 5.32 Å². The van der Waals surface area contributed by atoms with Gasteiger partial charge in [-0.25, -0.2) is 13.2 Å². The molecule has 0 aliphatic carbocycles. The number of rotatable bonds is 5. The van der Waals surface area contributed by atoms with Crippen LogP contribution in [-0.4, -0.2) is 21.0 Å². The Kier molecular flexibility index (Phi) is 5.63. The Labute approximate surface area is 140 Å². The first-order chi connectivity index (χ1) is 10.9. The molecule has 2 aromatic rings. The number of carbonyl (C=O) groups excluding carboxylic acids is 1. The predicted octanol–water partition coefficient (Wildman–Crippen LogP) is 3.70. The minimum absolute atomic E-state index is 0.152. The predicted molar refractivity (Wildman–Crippen MR) is 90.7 cm³/mol. The van der Waals surface area contributed by atoms with Crippen molar-refractivity contribution < 1.29 is 13.2 Å². The summed E-state index contributed by atoms with van der Waals surface area (Å²) in [5, 5.41) is 5.79. The maximum Gasteiger partial charge on any atom is 0.319 e. The van der Waals surface area contributed by atoms with E-state index in [1.54, 1.807) is 12.1 Å². The number of anilines is 1. The average molecular weight is 353 g/mol. The molecule has 2 rings (SSSR count). The van der Waals surface area contributed by atoms with Crippen molar-refractivity contribution in [2.75, 3.05) is 11.9 Å². The number of nitrogens with one attached hydrogen (secondary N) is 2. The molecule has 0 aromatic heterocycles. The highest BCUT2D eigenvalue weighted by atomic mass is 35.5. The van der Waals surface area contributed by atoms with Gasteiger partial charge in [0.05, 0.1) is 9.79 Å². The maximum atomic E-state index is 12.5. The standard InChI is InChI=1S/C16H17ClN2O3S/c1-2-11-18-16(20)19-13-5-9-15(10-6-13)23(21,22)14-7-3-12(17)4-8-14/h3-10H,2,11H2,1H3,(H2,18,19,20). The van der Waals surface area contributed by atoms with Crippen molar-refractivity contribution in [1.29, 1.82) is 0 Å². The number of halogens is 1. The monoisotopic (exact) mass is 352 g/mol. The molecular weight excluding hydrogens is 336 g/mol. The van der Waals surface area contributed by atoms with Crippen LogP contribution in [-0.2, 0) is 9.84 Å². The molecule has 0 atom stereocenters. The summed E-state index contributed by atoms with van der Waals surface area (Å²) in [5.74, 6) is 0. The summed E-state index contributed by atoms with van der Waals surface area (Å²) >= 11 is 5.77. The maximum absolute atomic E-state index is 12.5. The summed E-state index contributed by atoms with van der Waals surface area (Å²) in [6.45, 7) is 2.53. The van der Waals surface area contributed by atoms with Gasteiger partial charge in [-0.05, 0) is 55.0 Å². The Morgan fingerprint density at radius 2 is 1.52 bits per heavy atom. The topological polar surface area (TPSA) is 75.3 Å². The number of amides is 2. The zero-order valence-electron chi connectivity index (χ0n) is 12.5. The van der Waals surface area contributed by atoms with Crippen LogP contribution < -0.4 is 10.6 Å². The Bertz CT molecular complexity index is 772. The van der Waals surface area contributed by atoms with Crippen LogP contribution in [0.3, 0.4) is 0 Å². The lowest BCUT2D eigenvalue weighted by Crippen LogP contribution is -2.29. The zero-order valence-corrected chi connectivity index (χ0v) is 14.1. The fourth-order valence-electron chi connectivity index (χ4n) is 1.88. The molecule has 23 heavy (non-hydrogen) atoms. The molecule has 0 saturated heterocycles. The van der Waals surface area contributed by atoms with Gasteiger partial charge in [-0.1, -0.05) is 18.5 Å². The molecule has 5 nitrogen and oxygen atoms in total. The van der Waals surface area contributed by atoms with Crippen LogP contribution >= 0.6 is 11.6 Å². The van der Waals surface area contributed by atoms with Crippen LogP contribution in [0.1, 0.15) is 13.3 Å². The molecule has 0 unspecified atom stereocenters. The molecule has 0 saturated carbocycles. The van der Waals surface area contributed by atoms with Gasteiger partial charge in [0.15, 0.2) is 0 Å². The van der Waals surface area contributed by atoms with Gasteiger partial charge < -0.3 is 10.6 Å². The van der Waals surface area contributed by atoms with Crippen LogP contribution in [0.4, 0.5) is 10.5 Å². The largest absolute Gasteiger partial charge is 0.338 e. The summed E-state index contributed by atoms with van der Waals surface area (Å²) in [4.78, 5) is 11.9. The van der Waals surface area contributed by atoms with Gasteiger partial charge in [0, 0.05) is 17.3 Å². The summed E-state index contributed by atoms with van der Waals surface area (Å²) < 4.78 is 25.0. The normalized spacial score (nSPS) is 11.0. The average Bonchev–Trinajstić information content (AvgIpc) is 2.54. The van der Waals surface area contributed by atoms with Crippen molar-refractivity contribution in [3.05, 3.63) is 53.6 Å². The molecule has 0 spiro atoms. The van der Waals surface area contributed by atoms with Gasteiger partial charge in [-0.3, -0.25) is 0 Å². The highest BCUT2D eigenvalue weighted by molar-refractivity contribution is 7.91. The van der Waals surface area contributed by atoms with Crippen molar-refractivity contribution in [2.24, 2.45) is 0 Å². The second kappa shape index (κ2) is 7.48. The van der Waals surface area contributed by atoms with E-state index in [0.717, 1.165) is 6.42 Å². The van der Waals surface area contributed by atoms with Crippen LogP contribution in [0.5, 0.6) is 0 Å². The molecule has 0 aliphatic rings. The minimum Gasteiger partial charge on any atom is -0.338 e. The van der Waals surface area contributed by atoms with Gasteiger partial charge in [0.2, 0.25) is 9.84 Å². The zero-order chi connectivity index (χ0) is 16.9. The van der Waals surface area contributed by atoms with Gasteiger partial charge in [-0.15, -0.1) is 0 Å². The number of sulfone groups is 1. The quantitative estimate of drug-likeness (QED) is 0.861. The molecular formula is C16H17ClN2O3S. The van der Waals surface area contributed by atoms with Crippen LogP contribution in [0, 0.1) is 0 Å². The lowest BCUT2D eigenvalue weighted by molar-refractivity contribution is 0.252. The molecule has 0 fully saturated rings. The number of urea groups is 1. The molecule has 122 valence electrons. The molecule has 0 radical (unpaired) electrons. The Morgan fingerprint density at radius 1 is 1.00 bits per heavy atom. The van der Waals surface area contributed by atoms with Gasteiger partial charge in [0.25, 0.3) is 0 Å². The molecule has 2 amide bonds. The third-order valence-electron chi connectivity index (χ3n) is 3.08. The Balaban J connectivity index is 2.15. The Hall–Kier alpha value is -2.05. The fourth-order valence-corrected chi connectivity index (χ4v) is 3.27. The second-order valence-electron chi connectivity index (χ2n) is 4.86. The lowest BCUT2D eigenvalue weighted by atomic mass is 10.3. The number of hydrogen-bond donors (Lipinski definition) is 2. The number of hydrogen-bond acceptors (Lipinski definition) is 3. The molecule has 2 N–H and O–H groups in total.